The molecular weight excluding hydrogens is 296 g/mol. The molecule has 112 valence electrons. The molecule has 2 N–H and O–H groups in total. The summed E-state index contributed by atoms with van der Waals surface area (Å²) < 4.78 is 0. The smallest absolute Gasteiger partial charge is 0.324 e. The number of aromatic nitrogens is 1. The van der Waals surface area contributed by atoms with Gasteiger partial charge in [-0.15, -0.1) is 0 Å². The Morgan fingerprint density at radius 3 is 2.81 bits per heavy atom. The zero-order valence-corrected chi connectivity index (χ0v) is 12.0. The number of carboxylic acid groups (broad SMARTS) is 2. The third-order valence-electron chi connectivity index (χ3n) is 4.64. The van der Waals surface area contributed by atoms with Gasteiger partial charge in [-0.2, -0.15) is 0 Å². The van der Waals surface area contributed by atoms with E-state index in [0.717, 1.165) is 6.42 Å². The highest BCUT2D eigenvalue weighted by atomic mass is 35.5. The number of halogens is 1. The third-order valence-corrected chi connectivity index (χ3v) is 4.95. The fraction of sp³-hybridized carbons (Fsp3) is 0.500. The van der Waals surface area contributed by atoms with E-state index in [9.17, 15) is 19.8 Å². The van der Waals surface area contributed by atoms with Gasteiger partial charge >= 0.3 is 11.9 Å². The number of fused-ring (bicyclic) bond motifs is 1. The van der Waals surface area contributed by atoms with Gasteiger partial charge in [-0.1, -0.05) is 17.7 Å². The summed E-state index contributed by atoms with van der Waals surface area (Å²) in [5.41, 5.74) is -0.496. The summed E-state index contributed by atoms with van der Waals surface area (Å²) in [6.45, 7) is 0.561. The highest BCUT2D eigenvalue weighted by molar-refractivity contribution is 6.30. The molecule has 6 nitrogen and oxygen atoms in total. The van der Waals surface area contributed by atoms with E-state index in [1.807, 2.05) is 0 Å². The van der Waals surface area contributed by atoms with Crippen molar-refractivity contribution in [2.45, 2.75) is 30.8 Å². The molecule has 3 heterocycles. The van der Waals surface area contributed by atoms with Crippen molar-refractivity contribution in [3.8, 4) is 0 Å². The minimum Gasteiger partial charge on any atom is -0.481 e. The maximum absolute atomic E-state index is 11.8. The Morgan fingerprint density at radius 2 is 2.19 bits per heavy atom. The number of rotatable bonds is 3. The first kappa shape index (κ1) is 14.3. The van der Waals surface area contributed by atoms with Crippen molar-refractivity contribution >= 4 is 23.5 Å². The quantitative estimate of drug-likeness (QED) is 0.827. The zero-order chi connectivity index (χ0) is 15.2. The van der Waals surface area contributed by atoms with Gasteiger partial charge in [-0.3, -0.25) is 14.5 Å². The predicted octanol–water partition coefficient (Wildman–Crippen LogP) is 1.80. The zero-order valence-electron chi connectivity index (χ0n) is 11.2. The van der Waals surface area contributed by atoms with Crippen LogP contribution in [0.15, 0.2) is 18.3 Å². The number of pyridine rings is 1. The first-order chi connectivity index (χ1) is 9.97. The second kappa shape index (κ2) is 4.96. The number of nitrogens with zero attached hydrogens (tertiary/aromatic N) is 2. The highest BCUT2D eigenvalue weighted by Crippen LogP contribution is 2.52. The molecule has 3 atom stereocenters. The molecule has 0 unspecified atom stereocenters. The Morgan fingerprint density at radius 1 is 1.43 bits per heavy atom. The molecule has 0 saturated carbocycles. The van der Waals surface area contributed by atoms with Gasteiger partial charge in [0.2, 0.25) is 0 Å². The van der Waals surface area contributed by atoms with E-state index in [4.69, 9.17) is 11.6 Å². The molecule has 2 aliphatic heterocycles. The lowest BCUT2D eigenvalue weighted by Gasteiger charge is -2.31. The second-order valence-corrected chi connectivity index (χ2v) is 5.97. The van der Waals surface area contributed by atoms with E-state index in [2.05, 4.69) is 4.98 Å². The third kappa shape index (κ3) is 2.01. The standard InChI is InChI=1S/C14H15ClN2O4/c15-11-8(3-1-5-16-11)10-9(12(18)19)7-14(13(20)21)4-2-6-17(10)14/h1,3,5,9-10H,2,4,6-7H2,(H,18,19)(H,20,21)/t9-,10-,14+/m0/s1. The van der Waals surface area contributed by atoms with Crippen molar-refractivity contribution in [3.63, 3.8) is 0 Å². The summed E-state index contributed by atoms with van der Waals surface area (Å²) >= 11 is 6.11. The summed E-state index contributed by atoms with van der Waals surface area (Å²) in [5, 5.41) is 19.4. The fourth-order valence-electron chi connectivity index (χ4n) is 3.76. The number of hydrogen-bond acceptors (Lipinski definition) is 4. The van der Waals surface area contributed by atoms with Gasteiger partial charge in [0, 0.05) is 11.8 Å². The van der Waals surface area contributed by atoms with Crippen LogP contribution in [0.25, 0.3) is 0 Å². The summed E-state index contributed by atoms with van der Waals surface area (Å²) in [4.78, 5) is 29.1. The molecule has 0 aromatic carbocycles. The summed E-state index contributed by atoms with van der Waals surface area (Å²) in [6.07, 6.45) is 2.85. The number of carbonyl (C=O) groups is 2. The molecule has 2 fully saturated rings. The molecule has 21 heavy (non-hydrogen) atoms. The van der Waals surface area contributed by atoms with E-state index in [1.165, 1.54) is 6.20 Å². The summed E-state index contributed by atoms with van der Waals surface area (Å²) in [5.74, 6) is -2.73. The fourth-order valence-corrected chi connectivity index (χ4v) is 3.99. The van der Waals surface area contributed by atoms with Crippen LogP contribution in [0.3, 0.4) is 0 Å². The van der Waals surface area contributed by atoms with E-state index >= 15 is 0 Å². The maximum Gasteiger partial charge on any atom is 0.324 e. The van der Waals surface area contributed by atoms with Gasteiger partial charge < -0.3 is 10.2 Å². The van der Waals surface area contributed by atoms with Crippen LogP contribution in [-0.4, -0.2) is 44.1 Å². The molecule has 2 saturated heterocycles. The van der Waals surface area contributed by atoms with Gasteiger partial charge in [-0.05, 0) is 31.9 Å². The number of aliphatic carboxylic acids is 2. The van der Waals surface area contributed by atoms with Crippen LogP contribution in [0, 0.1) is 5.92 Å². The van der Waals surface area contributed by atoms with E-state index < -0.39 is 29.4 Å². The van der Waals surface area contributed by atoms with E-state index in [1.54, 1.807) is 17.0 Å². The molecule has 3 rings (SSSR count). The Hall–Kier alpha value is -1.66. The van der Waals surface area contributed by atoms with Crippen molar-refractivity contribution in [1.29, 1.82) is 0 Å². The lowest BCUT2D eigenvalue weighted by Crippen LogP contribution is -2.46. The van der Waals surface area contributed by atoms with Crippen molar-refractivity contribution < 1.29 is 19.8 Å². The van der Waals surface area contributed by atoms with Crippen LogP contribution in [0.4, 0.5) is 0 Å². The van der Waals surface area contributed by atoms with Gasteiger partial charge in [0.25, 0.3) is 0 Å². The van der Waals surface area contributed by atoms with Crippen LogP contribution >= 0.6 is 11.6 Å². The van der Waals surface area contributed by atoms with Crippen LogP contribution in [0.1, 0.15) is 30.9 Å². The summed E-state index contributed by atoms with van der Waals surface area (Å²) in [7, 11) is 0. The monoisotopic (exact) mass is 310 g/mol. The molecule has 1 aromatic rings. The molecular formula is C14H15ClN2O4. The Kier molecular flexibility index (Phi) is 3.37. The Balaban J connectivity index is 2.10. The van der Waals surface area contributed by atoms with Crippen molar-refractivity contribution in [2.75, 3.05) is 6.54 Å². The molecule has 7 heteroatoms. The Bertz CT molecular complexity index is 608. The first-order valence-electron chi connectivity index (χ1n) is 6.81. The topological polar surface area (TPSA) is 90.7 Å². The first-order valence-corrected chi connectivity index (χ1v) is 7.18. The number of hydrogen-bond donors (Lipinski definition) is 2. The van der Waals surface area contributed by atoms with Gasteiger partial charge in [-0.25, -0.2) is 4.98 Å². The SMILES string of the molecule is O=C(O)[C@H]1C[C@@]2(C(=O)O)CCCN2[C@H]1c1cccnc1Cl. The minimum atomic E-state index is -1.09. The average molecular weight is 311 g/mol. The lowest BCUT2D eigenvalue weighted by atomic mass is 9.87. The number of carboxylic acids is 2. The molecule has 0 amide bonds. The van der Waals surface area contributed by atoms with Crippen LogP contribution in [0.2, 0.25) is 5.15 Å². The van der Waals surface area contributed by atoms with Crippen LogP contribution in [0.5, 0.6) is 0 Å². The summed E-state index contributed by atoms with van der Waals surface area (Å²) in [6, 6.07) is 2.88. The largest absolute Gasteiger partial charge is 0.481 e. The van der Waals surface area contributed by atoms with E-state index in [-0.39, 0.29) is 11.6 Å². The van der Waals surface area contributed by atoms with Gasteiger partial charge in [0.05, 0.1) is 12.0 Å². The lowest BCUT2D eigenvalue weighted by molar-refractivity contribution is -0.148. The normalized spacial score (nSPS) is 32.0. The van der Waals surface area contributed by atoms with Gasteiger partial charge in [0.15, 0.2) is 0 Å². The van der Waals surface area contributed by atoms with Crippen molar-refractivity contribution in [2.24, 2.45) is 5.92 Å². The van der Waals surface area contributed by atoms with Crippen LogP contribution < -0.4 is 0 Å². The average Bonchev–Trinajstić information content (AvgIpc) is 2.96. The molecule has 0 radical (unpaired) electrons. The predicted molar refractivity (Wildman–Crippen MR) is 74.0 cm³/mol. The Labute approximate surface area is 126 Å². The van der Waals surface area contributed by atoms with E-state index in [0.29, 0.717) is 18.5 Å². The molecule has 1 aromatic heterocycles. The molecule has 0 spiro atoms. The van der Waals surface area contributed by atoms with Gasteiger partial charge in [0.1, 0.15) is 10.7 Å². The van der Waals surface area contributed by atoms with Crippen LogP contribution in [-0.2, 0) is 9.59 Å². The second-order valence-electron chi connectivity index (χ2n) is 5.61. The maximum atomic E-state index is 11.8. The molecule has 2 aliphatic rings. The molecule has 0 bridgehead atoms. The molecule has 0 aliphatic carbocycles. The van der Waals surface area contributed by atoms with Crippen molar-refractivity contribution in [3.05, 3.63) is 29.0 Å². The minimum absolute atomic E-state index is 0.105. The highest BCUT2D eigenvalue weighted by Gasteiger charge is 2.61. The van der Waals surface area contributed by atoms with Crippen molar-refractivity contribution in [1.82, 2.24) is 9.88 Å².